The molecule has 0 aliphatic heterocycles. The summed E-state index contributed by atoms with van der Waals surface area (Å²) >= 11 is 1.43. The van der Waals surface area contributed by atoms with E-state index in [2.05, 4.69) is 0 Å². The standard InChI is InChI=1S/C14H14O3S/c15-13(14-7-4-10-18-14)11-16-8-9-17-12-5-2-1-3-6-12/h1-7,10H,8-9,11H2. The van der Waals surface area contributed by atoms with Gasteiger partial charge in [0.2, 0.25) is 0 Å². The molecule has 4 heteroatoms. The van der Waals surface area contributed by atoms with Crippen LogP contribution < -0.4 is 4.74 Å². The van der Waals surface area contributed by atoms with Crippen molar-refractivity contribution >= 4 is 17.1 Å². The lowest BCUT2D eigenvalue weighted by Gasteiger charge is -2.06. The minimum atomic E-state index is 0.0183. The van der Waals surface area contributed by atoms with E-state index in [4.69, 9.17) is 9.47 Å². The lowest BCUT2D eigenvalue weighted by molar-refractivity contribution is 0.0692. The van der Waals surface area contributed by atoms with Crippen LogP contribution in [0.15, 0.2) is 47.8 Å². The van der Waals surface area contributed by atoms with Gasteiger partial charge in [-0.3, -0.25) is 4.79 Å². The van der Waals surface area contributed by atoms with Gasteiger partial charge in [0.25, 0.3) is 0 Å². The van der Waals surface area contributed by atoms with Crippen molar-refractivity contribution in [3.05, 3.63) is 52.7 Å². The Hall–Kier alpha value is -1.65. The van der Waals surface area contributed by atoms with E-state index in [1.807, 2.05) is 41.8 Å². The van der Waals surface area contributed by atoms with Crippen LogP contribution in [-0.4, -0.2) is 25.6 Å². The van der Waals surface area contributed by atoms with E-state index >= 15 is 0 Å². The summed E-state index contributed by atoms with van der Waals surface area (Å²) in [5.74, 6) is 0.829. The summed E-state index contributed by atoms with van der Waals surface area (Å²) < 4.78 is 10.7. The van der Waals surface area contributed by atoms with E-state index in [1.165, 1.54) is 11.3 Å². The third kappa shape index (κ3) is 3.98. The largest absolute Gasteiger partial charge is 0.491 e. The first-order valence-electron chi connectivity index (χ1n) is 5.68. The first-order chi connectivity index (χ1) is 8.86. The second-order valence-corrected chi connectivity index (χ2v) is 4.56. The molecule has 0 fully saturated rings. The van der Waals surface area contributed by atoms with E-state index in [-0.39, 0.29) is 12.4 Å². The summed E-state index contributed by atoms with van der Waals surface area (Å²) in [5, 5.41) is 1.88. The Morgan fingerprint density at radius 3 is 2.61 bits per heavy atom. The summed E-state index contributed by atoms with van der Waals surface area (Å²) in [4.78, 5) is 12.3. The molecule has 1 heterocycles. The van der Waals surface area contributed by atoms with Crippen molar-refractivity contribution < 1.29 is 14.3 Å². The highest BCUT2D eigenvalue weighted by Gasteiger charge is 2.06. The van der Waals surface area contributed by atoms with Gasteiger partial charge in [0.15, 0.2) is 5.78 Å². The average Bonchev–Trinajstić information content (AvgIpc) is 2.93. The monoisotopic (exact) mass is 262 g/mol. The Kier molecular flexibility index (Phi) is 4.93. The van der Waals surface area contributed by atoms with Crippen LogP contribution in [0.4, 0.5) is 0 Å². The molecule has 0 saturated heterocycles. The summed E-state index contributed by atoms with van der Waals surface area (Å²) in [6.45, 7) is 0.965. The highest BCUT2D eigenvalue weighted by Crippen LogP contribution is 2.10. The predicted octanol–water partition coefficient (Wildman–Crippen LogP) is 3.03. The van der Waals surface area contributed by atoms with Crippen molar-refractivity contribution in [2.45, 2.75) is 0 Å². The molecule has 3 nitrogen and oxygen atoms in total. The minimum Gasteiger partial charge on any atom is -0.491 e. The van der Waals surface area contributed by atoms with Crippen LogP contribution in [0.3, 0.4) is 0 Å². The summed E-state index contributed by atoms with van der Waals surface area (Å²) in [6.07, 6.45) is 0. The number of rotatable bonds is 7. The normalized spacial score (nSPS) is 10.2. The number of para-hydroxylation sites is 1. The van der Waals surface area contributed by atoms with Gasteiger partial charge in [0.05, 0.1) is 11.5 Å². The molecule has 0 N–H and O–H groups in total. The number of Topliss-reactive ketones (excluding diaryl/α,β-unsaturated/α-hetero) is 1. The fourth-order valence-electron chi connectivity index (χ4n) is 1.41. The molecule has 2 rings (SSSR count). The van der Waals surface area contributed by atoms with E-state index in [0.717, 1.165) is 10.6 Å². The summed E-state index contributed by atoms with van der Waals surface area (Å²) in [5.41, 5.74) is 0. The Labute approximate surface area is 110 Å². The fourth-order valence-corrected chi connectivity index (χ4v) is 2.06. The molecule has 1 aromatic carbocycles. The van der Waals surface area contributed by atoms with E-state index in [1.54, 1.807) is 6.07 Å². The van der Waals surface area contributed by atoms with Crippen molar-refractivity contribution in [3.8, 4) is 5.75 Å². The Morgan fingerprint density at radius 1 is 1.06 bits per heavy atom. The van der Waals surface area contributed by atoms with Gasteiger partial charge >= 0.3 is 0 Å². The van der Waals surface area contributed by atoms with Gasteiger partial charge in [-0.1, -0.05) is 24.3 Å². The topological polar surface area (TPSA) is 35.5 Å². The molecule has 1 aromatic heterocycles. The SMILES string of the molecule is O=C(COCCOc1ccccc1)c1cccs1. The van der Waals surface area contributed by atoms with Crippen molar-refractivity contribution in [2.75, 3.05) is 19.8 Å². The molecule has 0 saturated carbocycles. The van der Waals surface area contributed by atoms with Gasteiger partial charge < -0.3 is 9.47 Å². The Balaban J connectivity index is 1.61. The Bertz CT molecular complexity index is 465. The summed E-state index contributed by atoms with van der Waals surface area (Å²) in [7, 11) is 0. The quantitative estimate of drug-likeness (QED) is 0.568. The lowest BCUT2D eigenvalue weighted by Crippen LogP contribution is -2.12. The zero-order valence-electron chi connectivity index (χ0n) is 9.87. The zero-order valence-corrected chi connectivity index (χ0v) is 10.7. The van der Waals surface area contributed by atoms with Crippen LogP contribution in [-0.2, 0) is 4.74 Å². The van der Waals surface area contributed by atoms with Gasteiger partial charge in [0.1, 0.15) is 19.0 Å². The van der Waals surface area contributed by atoms with Crippen molar-refractivity contribution in [1.29, 1.82) is 0 Å². The molecule has 0 atom stereocenters. The zero-order chi connectivity index (χ0) is 12.6. The highest BCUT2D eigenvalue weighted by molar-refractivity contribution is 7.12. The molecule has 0 unspecified atom stereocenters. The number of ketones is 1. The maximum Gasteiger partial charge on any atom is 0.198 e. The van der Waals surface area contributed by atoms with Crippen LogP contribution in [0.1, 0.15) is 9.67 Å². The maximum atomic E-state index is 11.6. The third-order valence-electron chi connectivity index (χ3n) is 2.27. The minimum absolute atomic E-state index is 0.0183. The molecule has 18 heavy (non-hydrogen) atoms. The number of hydrogen-bond acceptors (Lipinski definition) is 4. The molecular weight excluding hydrogens is 248 g/mol. The van der Waals surface area contributed by atoms with Crippen LogP contribution in [0, 0.1) is 0 Å². The molecule has 0 aliphatic rings. The Morgan fingerprint density at radius 2 is 1.89 bits per heavy atom. The van der Waals surface area contributed by atoms with Crippen molar-refractivity contribution in [3.63, 3.8) is 0 Å². The third-order valence-corrected chi connectivity index (χ3v) is 3.18. The van der Waals surface area contributed by atoms with Crippen molar-refractivity contribution in [2.24, 2.45) is 0 Å². The molecule has 0 amide bonds. The number of ether oxygens (including phenoxy) is 2. The number of carbonyl (C=O) groups is 1. The van der Waals surface area contributed by atoms with Gasteiger partial charge in [-0.25, -0.2) is 0 Å². The van der Waals surface area contributed by atoms with Crippen LogP contribution >= 0.6 is 11.3 Å². The number of carbonyl (C=O) groups excluding carboxylic acids is 1. The maximum absolute atomic E-state index is 11.6. The van der Waals surface area contributed by atoms with Crippen molar-refractivity contribution in [1.82, 2.24) is 0 Å². The second-order valence-electron chi connectivity index (χ2n) is 3.61. The number of benzene rings is 1. The van der Waals surface area contributed by atoms with Gasteiger partial charge in [-0.15, -0.1) is 11.3 Å². The van der Waals surface area contributed by atoms with Gasteiger partial charge in [0, 0.05) is 0 Å². The smallest absolute Gasteiger partial charge is 0.198 e. The predicted molar refractivity (Wildman–Crippen MR) is 71.4 cm³/mol. The molecular formula is C14H14O3S. The van der Waals surface area contributed by atoms with Crippen LogP contribution in [0.5, 0.6) is 5.75 Å². The molecule has 0 spiro atoms. The number of thiophene rings is 1. The second kappa shape index (κ2) is 6.93. The van der Waals surface area contributed by atoms with Gasteiger partial charge in [-0.05, 0) is 23.6 Å². The molecule has 0 radical (unpaired) electrons. The highest BCUT2D eigenvalue weighted by atomic mass is 32.1. The van der Waals surface area contributed by atoms with E-state index < -0.39 is 0 Å². The van der Waals surface area contributed by atoms with Crippen LogP contribution in [0.2, 0.25) is 0 Å². The average molecular weight is 262 g/mol. The van der Waals surface area contributed by atoms with Gasteiger partial charge in [-0.2, -0.15) is 0 Å². The first-order valence-corrected chi connectivity index (χ1v) is 6.56. The molecule has 2 aromatic rings. The fraction of sp³-hybridized carbons (Fsp3) is 0.214. The molecule has 0 aliphatic carbocycles. The first kappa shape index (κ1) is 12.8. The van der Waals surface area contributed by atoms with E-state index in [9.17, 15) is 4.79 Å². The molecule has 0 bridgehead atoms. The van der Waals surface area contributed by atoms with E-state index in [0.29, 0.717) is 13.2 Å². The summed E-state index contributed by atoms with van der Waals surface area (Å²) in [6, 6.07) is 13.2. The number of hydrogen-bond donors (Lipinski definition) is 0. The van der Waals surface area contributed by atoms with Crippen LogP contribution in [0.25, 0.3) is 0 Å². The lowest BCUT2D eigenvalue weighted by atomic mass is 10.3. The molecule has 94 valence electrons.